The Bertz CT molecular complexity index is 1110. The van der Waals surface area contributed by atoms with E-state index in [0.717, 1.165) is 44.9 Å². The Balaban J connectivity index is 1.88. The van der Waals surface area contributed by atoms with Crippen LogP contribution in [-0.4, -0.2) is 38.7 Å². The fourth-order valence-corrected chi connectivity index (χ4v) is 4.47. The lowest BCUT2D eigenvalue weighted by atomic mass is 10.1. The molecule has 6 nitrogen and oxygen atoms in total. The molecule has 0 saturated carbocycles. The first-order valence-corrected chi connectivity index (χ1v) is 10.9. The maximum atomic E-state index is 12.8. The SMILES string of the molecule is Cc1ccc(-n2c(C)cc(C=C3SC(=O)N(CC(=O)OC(C)(C)C)C3=O)c2C)c(C)c1. The van der Waals surface area contributed by atoms with Crippen molar-refractivity contribution in [3.05, 3.63) is 57.2 Å². The third-order valence-corrected chi connectivity index (χ3v) is 5.84. The number of aromatic nitrogens is 1. The zero-order valence-corrected chi connectivity index (χ0v) is 19.8. The molecular formula is C24H28N2O4S. The van der Waals surface area contributed by atoms with Crippen molar-refractivity contribution >= 4 is 35.0 Å². The van der Waals surface area contributed by atoms with Crippen LogP contribution in [0.15, 0.2) is 29.2 Å². The molecular weight excluding hydrogens is 412 g/mol. The number of amides is 2. The van der Waals surface area contributed by atoms with E-state index in [4.69, 9.17) is 4.74 Å². The predicted molar refractivity (Wildman–Crippen MR) is 123 cm³/mol. The van der Waals surface area contributed by atoms with Crippen molar-refractivity contribution in [1.82, 2.24) is 9.47 Å². The zero-order valence-electron chi connectivity index (χ0n) is 19.0. The van der Waals surface area contributed by atoms with E-state index >= 15 is 0 Å². The number of thioether (sulfide) groups is 1. The first-order valence-electron chi connectivity index (χ1n) is 10.1. The van der Waals surface area contributed by atoms with E-state index in [2.05, 4.69) is 36.6 Å². The van der Waals surface area contributed by atoms with E-state index in [1.807, 2.05) is 19.9 Å². The van der Waals surface area contributed by atoms with Gasteiger partial charge in [0, 0.05) is 17.1 Å². The van der Waals surface area contributed by atoms with Crippen molar-refractivity contribution in [2.75, 3.05) is 6.54 Å². The summed E-state index contributed by atoms with van der Waals surface area (Å²) in [6.45, 7) is 13.0. The van der Waals surface area contributed by atoms with Crippen molar-refractivity contribution in [3.8, 4) is 5.69 Å². The molecule has 0 atom stereocenters. The first-order chi connectivity index (χ1) is 14.4. The number of imide groups is 1. The monoisotopic (exact) mass is 440 g/mol. The molecule has 164 valence electrons. The fourth-order valence-electron chi connectivity index (χ4n) is 3.64. The average Bonchev–Trinajstić information content (AvgIpc) is 3.04. The standard InChI is InChI=1S/C24H28N2O4S/c1-14-8-9-19(15(2)10-14)26-16(3)11-18(17(26)4)12-20-22(28)25(23(29)31-20)13-21(27)30-24(5,6)7/h8-12H,13H2,1-7H3. The number of ether oxygens (including phenoxy) is 1. The summed E-state index contributed by atoms with van der Waals surface area (Å²) in [5, 5.41) is -0.467. The first kappa shape index (κ1) is 22.9. The molecule has 1 fully saturated rings. The molecule has 0 N–H and O–H groups in total. The quantitative estimate of drug-likeness (QED) is 0.489. The minimum atomic E-state index is -0.680. The largest absolute Gasteiger partial charge is 0.459 e. The molecule has 31 heavy (non-hydrogen) atoms. The number of nitrogens with zero attached hydrogens (tertiary/aromatic N) is 2. The van der Waals surface area contributed by atoms with Crippen LogP contribution in [0, 0.1) is 27.7 Å². The van der Waals surface area contributed by atoms with Gasteiger partial charge in [0.1, 0.15) is 12.1 Å². The summed E-state index contributed by atoms with van der Waals surface area (Å²) in [6, 6.07) is 8.29. The van der Waals surface area contributed by atoms with Crippen LogP contribution in [0.3, 0.4) is 0 Å². The summed E-state index contributed by atoms with van der Waals surface area (Å²) in [7, 11) is 0. The lowest BCUT2D eigenvalue weighted by Crippen LogP contribution is -2.37. The summed E-state index contributed by atoms with van der Waals surface area (Å²) in [6.07, 6.45) is 1.72. The number of benzene rings is 1. The van der Waals surface area contributed by atoms with Crippen LogP contribution in [-0.2, 0) is 14.3 Å². The second-order valence-electron chi connectivity index (χ2n) is 8.81. The van der Waals surface area contributed by atoms with Gasteiger partial charge < -0.3 is 9.30 Å². The maximum Gasteiger partial charge on any atom is 0.326 e. The van der Waals surface area contributed by atoms with Crippen molar-refractivity contribution in [2.24, 2.45) is 0 Å². The molecule has 1 aliphatic heterocycles. The van der Waals surface area contributed by atoms with Crippen LogP contribution >= 0.6 is 11.8 Å². The molecule has 0 radical (unpaired) electrons. The van der Waals surface area contributed by atoms with Gasteiger partial charge in [-0.15, -0.1) is 0 Å². The van der Waals surface area contributed by atoms with E-state index in [1.54, 1.807) is 26.8 Å². The molecule has 1 aromatic carbocycles. The van der Waals surface area contributed by atoms with Crippen molar-refractivity contribution < 1.29 is 19.1 Å². The smallest absolute Gasteiger partial charge is 0.326 e. The number of carbonyl (C=O) groups is 3. The topological polar surface area (TPSA) is 68.6 Å². The van der Waals surface area contributed by atoms with Gasteiger partial charge in [0.05, 0.1) is 4.91 Å². The molecule has 2 aromatic rings. The summed E-state index contributed by atoms with van der Waals surface area (Å²) in [5.74, 6) is -1.08. The molecule has 0 aliphatic carbocycles. The number of aryl methyl sites for hydroxylation is 3. The van der Waals surface area contributed by atoms with Crippen LogP contribution < -0.4 is 0 Å². The highest BCUT2D eigenvalue weighted by Crippen LogP contribution is 2.34. The van der Waals surface area contributed by atoms with E-state index in [9.17, 15) is 14.4 Å². The minimum absolute atomic E-state index is 0.300. The lowest BCUT2D eigenvalue weighted by molar-refractivity contribution is -0.156. The summed E-state index contributed by atoms with van der Waals surface area (Å²) in [4.78, 5) is 38.5. The summed E-state index contributed by atoms with van der Waals surface area (Å²) in [5.41, 5.74) is 5.62. The predicted octanol–water partition coefficient (Wildman–Crippen LogP) is 5.09. The Hall–Kier alpha value is -2.80. The molecule has 1 aromatic heterocycles. The second kappa shape index (κ2) is 8.38. The average molecular weight is 441 g/mol. The van der Waals surface area contributed by atoms with E-state index < -0.39 is 22.7 Å². The molecule has 0 spiro atoms. The molecule has 2 amide bonds. The van der Waals surface area contributed by atoms with E-state index in [0.29, 0.717) is 4.91 Å². The van der Waals surface area contributed by atoms with Crippen molar-refractivity contribution in [1.29, 1.82) is 0 Å². The third kappa shape index (κ3) is 4.93. The van der Waals surface area contributed by atoms with E-state index in [1.165, 1.54) is 5.56 Å². The Labute approximate surface area is 187 Å². The Morgan fingerprint density at radius 1 is 1.10 bits per heavy atom. The zero-order chi connectivity index (χ0) is 23.1. The van der Waals surface area contributed by atoms with Gasteiger partial charge >= 0.3 is 5.97 Å². The van der Waals surface area contributed by atoms with Gasteiger partial charge in [-0.1, -0.05) is 17.7 Å². The number of rotatable bonds is 4. The number of hydrogen-bond acceptors (Lipinski definition) is 5. The number of carbonyl (C=O) groups excluding carboxylic acids is 3. The van der Waals surface area contributed by atoms with Crippen LogP contribution in [0.1, 0.15) is 48.8 Å². The fraction of sp³-hybridized carbons (Fsp3) is 0.375. The molecule has 1 saturated heterocycles. The summed E-state index contributed by atoms with van der Waals surface area (Å²) < 4.78 is 7.38. The van der Waals surface area contributed by atoms with Crippen LogP contribution in [0.2, 0.25) is 0 Å². The third-order valence-electron chi connectivity index (χ3n) is 4.93. The highest BCUT2D eigenvalue weighted by molar-refractivity contribution is 8.18. The second-order valence-corrected chi connectivity index (χ2v) is 9.80. The maximum absolute atomic E-state index is 12.8. The number of hydrogen-bond donors (Lipinski definition) is 0. The molecule has 0 bridgehead atoms. The van der Waals surface area contributed by atoms with Crippen molar-refractivity contribution in [3.63, 3.8) is 0 Å². The van der Waals surface area contributed by atoms with E-state index in [-0.39, 0.29) is 6.54 Å². The Morgan fingerprint density at radius 2 is 1.77 bits per heavy atom. The molecule has 3 rings (SSSR count). The van der Waals surface area contributed by atoms with Gasteiger partial charge in [0.2, 0.25) is 0 Å². The Morgan fingerprint density at radius 3 is 2.39 bits per heavy atom. The highest BCUT2D eigenvalue weighted by atomic mass is 32.2. The lowest BCUT2D eigenvalue weighted by Gasteiger charge is -2.21. The normalized spacial score (nSPS) is 15.8. The van der Waals surface area contributed by atoms with Gasteiger partial charge in [-0.2, -0.15) is 0 Å². The van der Waals surface area contributed by atoms with Gasteiger partial charge in [-0.25, -0.2) is 0 Å². The van der Waals surface area contributed by atoms with Crippen LogP contribution in [0.5, 0.6) is 0 Å². The molecule has 0 unspecified atom stereocenters. The van der Waals surface area contributed by atoms with Gasteiger partial charge in [-0.05, 0) is 89.6 Å². The van der Waals surface area contributed by atoms with Gasteiger partial charge in [0.25, 0.3) is 11.1 Å². The van der Waals surface area contributed by atoms with Crippen LogP contribution in [0.25, 0.3) is 11.8 Å². The molecule has 2 heterocycles. The van der Waals surface area contributed by atoms with Gasteiger partial charge in [-0.3, -0.25) is 19.3 Å². The Kier molecular flexibility index (Phi) is 6.18. The summed E-state index contributed by atoms with van der Waals surface area (Å²) >= 11 is 0.843. The minimum Gasteiger partial charge on any atom is -0.459 e. The highest BCUT2D eigenvalue weighted by Gasteiger charge is 2.37. The number of esters is 1. The van der Waals surface area contributed by atoms with Gasteiger partial charge in [0.15, 0.2) is 0 Å². The van der Waals surface area contributed by atoms with Crippen molar-refractivity contribution in [2.45, 2.75) is 54.1 Å². The molecule has 1 aliphatic rings. The molecule has 7 heteroatoms. The van der Waals surface area contributed by atoms with Crippen LogP contribution in [0.4, 0.5) is 4.79 Å².